The molecular formula is C20H29NO3S. The number of rotatable bonds is 5. The van der Waals surface area contributed by atoms with E-state index in [9.17, 15) is 9.59 Å². The van der Waals surface area contributed by atoms with Crippen LogP contribution in [0.3, 0.4) is 0 Å². The molecule has 2 atom stereocenters. The number of carbonyl (C=O) groups is 2. The van der Waals surface area contributed by atoms with Gasteiger partial charge in [0, 0.05) is 5.57 Å². The van der Waals surface area contributed by atoms with Gasteiger partial charge in [-0.1, -0.05) is 33.4 Å². The van der Waals surface area contributed by atoms with Crippen LogP contribution in [0.1, 0.15) is 47.0 Å². The number of hydrogen-bond donors (Lipinski definition) is 0. The Kier molecular flexibility index (Phi) is 10.2. The summed E-state index contributed by atoms with van der Waals surface area (Å²) in [5, 5.41) is 7.96. The molecule has 2 aliphatic carbocycles. The van der Waals surface area contributed by atoms with Gasteiger partial charge in [0.25, 0.3) is 6.47 Å². The Morgan fingerprint density at radius 1 is 1.52 bits per heavy atom. The SMILES string of the molecule is C=C(C#N)SC.C=CCC1=C(C)C(OC=O)CC1=O.C[C@@H]1CC1(C)C. The number of allylic oxidation sites excluding steroid dienone is 3. The first-order valence-corrected chi connectivity index (χ1v) is 9.42. The Morgan fingerprint density at radius 2 is 2.04 bits per heavy atom. The average molecular weight is 364 g/mol. The van der Waals surface area contributed by atoms with E-state index in [-0.39, 0.29) is 18.3 Å². The van der Waals surface area contributed by atoms with Gasteiger partial charge in [-0.3, -0.25) is 9.59 Å². The van der Waals surface area contributed by atoms with Crippen molar-refractivity contribution in [3.63, 3.8) is 0 Å². The van der Waals surface area contributed by atoms with E-state index in [2.05, 4.69) is 33.9 Å². The molecule has 25 heavy (non-hydrogen) atoms. The van der Waals surface area contributed by atoms with Crippen LogP contribution in [-0.2, 0) is 14.3 Å². The van der Waals surface area contributed by atoms with Gasteiger partial charge in [0.05, 0.1) is 11.3 Å². The fourth-order valence-corrected chi connectivity index (χ4v) is 2.36. The Bertz CT molecular complexity index is 584. The predicted molar refractivity (Wildman–Crippen MR) is 104 cm³/mol. The summed E-state index contributed by atoms with van der Waals surface area (Å²) in [5.74, 6) is 1.06. The van der Waals surface area contributed by atoms with Crippen LogP contribution in [0.2, 0.25) is 0 Å². The van der Waals surface area contributed by atoms with Gasteiger partial charge in [0.1, 0.15) is 12.2 Å². The largest absolute Gasteiger partial charge is 0.460 e. The predicted octanol–water partition coefficient (Wildman–Crippen LogP) is 4.83. The molecule has 0 aromatic carbocycles. The number of ether oxygens (including phenoxy) is 1. The van der Waals surface area contributed by atoms with Gasteiger partial charge in [-0.15, -0.1) is 18.3 Å². The summed E-state index contributed by atoms with van der Waals surface area (Å²) in [7, 11) is 0. The molecule has 1 fully saturated rings. The molecule has 0 aromatic heterocycles. The second-order valence-corrected chi connectivity index (χ2v) is 7.74. The maximum absolute atomic E-state index is 11.4. The van der Waals surface area contributed by atoms with Crippen LogP contribution < -0.4 is 0 Å². The van der Waals surface area contributed by atoms with Crippen LogP contribution >= 0.6 is 11.8 Å². The van der Waals surface area contributed by atoms with Crippen molar-refractivity contribution < 1.29 is 14.3 Å². The van der Waals surface area contributed by atoms with Crippen LogP contribution in [-0.4, -0.2) is 24.6 Å². The van der Waals surface area contributed by atoms with Gasteiger partial charge < -0.3 is 4.74 Å². The molecule has 5 heteroatoms. The monoisotopic (exact) mass is 363 g/mol. The summed E-state index contributed by atoms with van der Waals surface area (Å²) in [6.07, 6.45) is 5.44. The zero-order valence-corrected chi connectivity index (χ0v) is 16.7. The Labute approximate surface area is 156 Å². The average Bonchev–Trinajstić information content (AvgIpc) is 3.04. The van der Waals surface area contributed by atoms with Crippen molar-refractivity contribution in [2.75, 3.05) is 6.26 Å². The number of Topliss-reactive ketones (excluding diaryl/α,β-unsaturated/α-hetero) is 1. The summed E-state index contributed by atoms with van der Waals surface area (Å²) < 4.78 is 4.77. The zero-order chi connectivity index (χ0) is 19.6. The molecule has 4 nitrogen and oxygen atoms in total. The van der Waals surface area contributed by atoms with Gasteiger partial charge in [-0.2, -0.15) is 5.26 Å². The molecule has 0 N–H and O–H groups in total. The van der Waals surface area contributed by atoms with Crippen molar-refractivity contribution in [3.8, 4) is 6.07 Å². The molecule has 0 spiro atoms. The van der Waals surface area contributed by atoms with Gasteiger partial charge >= 0.3 is 0 Å². The van der Waals surface area contributed by atoms with E-state index in [1.807, 2.05) is 19.2 Å². The molecule has 0 bridgehead atoms. The molecule has 1 unspecified atom stereocenters. The van der Waals surface area contributed by atoms with Crippen LogP contribution in [0.4, 0.5) is 0 Å². The van der Waals surface area contributed by atoms with Crippen LogP contribution in [0, 0.1) is 22.7 Å². The molecule has 0 saturated heterocycles. The molecule has 0 amide bonds. The smallest absolute Gasteiger partial charge is 0.293 e. The van der Waals surface area contributed by atoms with Crippen LogP contribution in [0.15, 0.2) is 35.3 Å². The van der Waals surface area contributed by atoms with E-state index in [4.69, 9.17) is 10.00 Å². The third-order valence-electron chi connectivity index (χ3n) is 4.61. The van der Waals surface area contributed by atoms with Crippen LogP contribution in [0.5, 0.6) is 0 Å². The van der Waals surface area contributed by atoms with Gasteiger partial charge in [-0.25, -0.2) is 0 Å². The van der Waals surface area contributed by atoms with Gasteiger partial charge in [0.2, 0.25) is 0 Å². The molecule has 138 valence electrons. The molecule has 0 radical (unpaired) electrons. The quantitative estimate of drug-likeness (QED) is 0.397. The first-order valence-electron chi connectivity index (χ1n) is 8.20. The van der Waals surface area contributed by atoms with Crippen LogP contribution in [0.25, 0.3) is 0 Å². The van der Waals surface area contributed by atoms with E-state index < -0.39 is 0 Å². The van der Waals surface area contributed by atoms with Crippen molar-refractivity contribution in [3.05, 3.63) is 35.3 Å². The first-order chi connectivity index (χ1) is 11.6. The second-order valence-electron chi connectivity index (χ2n) is 6.84. The fraction of sp³-hybridized carbons (Fsp3) is 0.550. The highest BCUT2D eigenvalue weighted by molar-refractivity contribution is 8.02. The number of nitriles is 1. The molecule has 0 heterocycles. The van der Waals surface area contributed by atoms with E-state index in [1.165, 1.54) is 18.2 Å². The lowest BCUT2D eigenvalue weighted by Crippen LogP contribution is -2.10. The lowest BCUT2D eigenvalue weighted by atomic mass is 10.1. The number of thioether (sulfide) groups is 1. The normalized spacial score (nSPS) is 22.5. The lowest BCUT2D eigenvalue weighted by Gasteiger charge is -2.07. The third-order valence-corrected chi connectivity index (χ3v) is 5.20. The summed E-state index contributed by atoms with van der Waals surface area (Å²) in [6, 6.07) is 1.88. The Hall–Kier alpha value is -1.80. The number of carbonyl (C=O) groups excluding carboxylic acids is 2. The Morgan fingerprint density at radius 3 is 2.32 bits per heavy atom. The highest BCUT2D eigenvalue weighted by Gasteiger charge is 2.41. The second kappa shape index (κ2) is 10.9. The van der Waals surface area contributed by atoms with Crippen molar-refractivity contribution in [2.24, 2.45) is 11.3 Å². The maximum atomic E-state index is 11.4. The van der Waals surface area contributed by atoms with Crippen molar-refractivity contribution in [1.29, 1.82) is 5.26 Å². The highest BCUT2D eigenvalue weighted by Crippen LogP contribution is 2.50. The topological polar surface area (TPSA) is 67.2 Å². The number of nitrogens with zero attached hydrogens (tertiary/aromatic N) is 1. The standard InChI is InChI=1S/C10H12O3.C6H12.C4H5NS/c1-3-4-8-7(2)10(13-6-11)5-9(8)12;1-5-4-6(5,2)3;1-4(3-5)6-2/h3,6,10H,1,4-5H2,2H3;5H,4H2,1-3H3;1H2,2H3/t;5-;/m.1./s1. The zero-order valence-electron chi connectivity index (χ0n) is 15.9. The van der Waals surface area contributed by atoms with E-state index in [0.717, 1.165) is 17.1 Å². The number of ketones is 1. The van der Waals surface area contributed by atoms with Crippen molar-refractivity contribution in [2.45, 2.75) is 53.1 Å². The molecule has 0 aromatic rings. The summed E-state index contributed by atoms with van der Waals surface area (Å²) in [4.78, 5) is 22.0. The minimum Gasteiger partial charge on any atom is -0.460 e. The van der Waals surface area contributed by atoms with E-state index in [1.54, 1.807) is 6.08 Å². The van der Waals surface area contributed by atoms with Gasteiger partial charge in [-0.05, 0) is 42.9 Å². The molecule has 1 saturated carbocycles. The highest BCUT2D eigenvalue weighted by atomic mass is 32.2. The summed E-state index contributed by atoms with van der Waals surface area (Å²) in [5.41, 5.74) is 2.30. The van der Waals surface area contributed by atoms with Gasteiger partial charge in [0.15, 0.2) is 5.78 Å². The third kappa shape index (κ3) is 8.22. The summed E-state index contributed by atoms with van der Waals surface area (Å²) >= 11 is 1.37. The van der Waals surface area contributed by atoms with Crippen molar-refractivity contribution >= 4 is 24.0 Å². The van der Waals surface area contributed by atoms with E-state index >= 15 is 0 Å². The van der Waals surface area contributed by atoms with E-state index in [0.29, 0.717) is 23.2 Å². The lowest BCUT2D eigenvalue weighted by molar-refractivity contribution is -0.132. The Balaban J connectivity index is 0.000000399. The summed E-state index contributed by atoms with van der Waals surface area (Å²) in [6.45, 7) is 16.1. The first kappa shape index (κ1) is 23.2. The maximum Gasteiger partial charge on any atom is 0.293 e. The molecule has 0 aliphatic heterocycles. The molecular weight excluding hydrogens is 334 g/mol. The number of hydrogen-bond acceptors (Lipinski definition) is 5. The minimum atomic E-state index is -0.347. The van der Waals surface area contributed by atoms with Crippen molar-refractivity contribution in [1.82, 2.24) is 0 Å². The molecule has 2 aliphatic rings. The fourth-order valence-electron chi connectivity index (χ4n) is 2.27. The minimum absolute atomic E-state index is 0.0595. The molecule has 2 rings (SSSR count).